The summed E-state index contributed by atoms with van der Waals surface area (Å²) in [7, 11) is 1.65. The molecule has 0 N–H and O–H groups in total. The van der Waals surface area contributed by atoms with E-state index in [0.29, 0.717) is 23.0 Å². The number of hydrogen-bond acceptors (Lipinski definition) is 6. The van der Waals surface area contributed by atoms with Crippen LogP contribution in [0.25, 0.3) is 10.1 Å². The highest BCUT2D eigenvalue weighted by Gasteiger charge is 2.57. The molecule has 4 aliphatic rings. The largest absolute Gasteiger partial charge is 0.497 e. The number of benzene rings is 2. The van der Waals surface area contributed by atoms with Crippen molar-refractivity contribution in [1.29, 1.82) is 0 Å². The van der Waals surface area contributed by atoms with E-state index in [2.05, 4.69) is 27.9 Å². The molecule has 2 bridgehead atoms. The summed E-state index contributed by atoms with van der Waals surface area (Å²) in [5, 5.41) is 5.99. The maximum Gasteiger partial charge on any atom is 0.417 e. The highest BCUT2D eigenvalue weighted by molar-refractivity contribution is 7.17. The Morgan fingerprint density at radius 3 is 2.63 bits per heavy atom. The lowest BCUT2D eigenvalue weighted by Crippen LogP contribution is -2.66. The molecule has 3 fully saturated rings. The van der Waals surface area contributed by atoms with E-state index in [0.717, 1.165) is 66.3 Å². The van der Waals surface area contributed by atoms with Crippen LogP contribution in [0.4, 0.5) is 13.2 Å². The Labute approximate surface area is 205 Å². The maximum atomic E-state index is 13.4. The van der Waals surface area contributed by atoms with Crippen LogP contribution >= 0.6 is 11.3 Å². The van der Waals surface area contributed by atoms with Crippen LogP contribution in [0.2, 0.25) is 0 Å². The highest BCUT2D eigenvalue weighted by Crippen LogP contribution is 2.46. The first-order chi connectivity index (χ1) is 16.8. The molecule has 0 saturated carbocycles. The molecule has 1 spiro atoms. The van der Waals surface area contributed by atoms with E-state index in [1.807, 2.05) is 18.2 Å². The summed E-state index contributed by atoms with van der Waals surface area (Å²) in [4.78, 5) is 11.0. The number of alkyl halides is 3. The van der Waals surface area contributed by atoms with Crippen LogP contribution in [0.1, 0.15) is 35.1 Å². The fourth-order valence-corrected chi connectivity index (χ4v) is 6.75. The molecule has 0 amide bonds. The predicted molar refractivity (Wildman–Crippen MR) is 130 cm³/mol. The van der Waals surface area contributed by atoms with Gasteiger partial charge in [-0.25, -0.2) is 0 Å². The summed E-state index contributed by atoms with van der Waals surface area (Å²) in [5.74, 6) is 1.83. The van der Waals surface area contributed by atoms with Crippen molar-refractivity contribution in [3.8, 4) is 5.75 Å². The number of rotatable bonds is 4. The number of nitrogens with zero attached hydrogens (tertiary/aromatic N) is 3. The van der Waals surface area contributed by atoms with Gasteiger partial charge in [0, 0.05) is 33.5 Å². The number of fused-ring (bicyclic) bond motifs is 3. The van der Waals surface area contributed by atoms with Crippen molar-refractivity contribution < 1.29 is 22.7 Å². The minimum absolute atomic E-state index is 0.223. The average molecular weight is 502 g/mol. The van der Waals surface area contributed by atoms with Crippen molar-refractivity contribution in [3.05, 3.63) is 64.0 Å². The molecular weight excluding hydrogens is 475 g/mol. The van der Waals surface area contributed by atoms with Crippen LogP contribution < -0.4 is 4.74 Å². The van der Waals surface area contributed by atoms with Gasteiger partial charge in [-0.15, -0.1) is 11.3 Å². The van der Waals surface area contributed by atoms with Crippen LogP contribution in [0.3, 0.4) is 0 Å². The number of thiophene rings is 1. The normalized spacial score (nSPS) is 25.9. The summed E-state index contributed by atoms with van der Waals surface area (Å²) >= 11 is 1.11. The van der Waals surface area contributed by atoms with Crippen molar-refractivity contribution in [2.45, 2.75) is 38.2 Å². The van der Waals surface area contributed by atoms with Gasteiger partial charge in [0.1, 0.15) is 5.75 Å². The Morgan fingerprint density at radius 1 is 1.17 bits per heavy atom. The molecular formula is C26H26F3N3O2S. The van der Waals surface area contributed by atoms with E-state index in [9.17, 15) is 13.2 Å². The van der Waals surface area contributed by atoms with E-state index < -0.39 is 17.5 Å². The summed E-state index contributed by atoms with van der Waals surface area (Å²) in [6, 6.07) is 11.1. The number of aryl methyl sites for hydroxylation is 1. The molecule has 7 rings (SSSR count). The second-order valence-corrected chi connectivity index (χ2v) is 10.5. The van der Waals surface area contributed by atoms with Gasteiger partial charge in [-0.2, -0.15) is 13.2 Å². The molecule has 3 aromatic rings. The topological polar surface area (TPSA) is 37.3 Å². The van der Waals surface area contributed by atoms with Crippen LogP contribution in [0.15, 0.2) is 46.9 Å². The lowest BCUT2D eigenvalue weighted by molar-refractivity contribution is -0.198. The van der Waals surface area contributed by atoms with Crippen LogP contribution in [0, 0.1) is 12.8 Å². The number of halogens is 3. The van der Waals surface area contributed by atoms with E-state index in [1.165, 1.54) is 5.38 Å². The number of oxime groups is 1. The van der Waals surface area contributed by atoms with Crippen LogP contribution in [-0.2, 0) is 17.6 Å². The lowest BCUT2D eigenvalue weighted by atomic mass is 9.79. The zero-order valence-corrected chi connectivity index (χ0v) is 20.4. The molecule has 0 radical (unpaired) electrons. The molecule has 2 aromatic carbocycles. The predicted octanol–water partition coefficient (Wildman–Crippen LogP) is 5.85. The summed E-state index contributed by atoms with van der Waals surface area (Å²) in [6.45, 7) is 5.53. The second kappa shape index (κ2) is 8.13. The molecule has 184 valence electrons. The number of hydrogen-bond donors (Lipinski definition) is 0. The standard InChI is InChI=1S/C26H26F3N3O2S/c1-16-11-20(33-2)5-3-18(16)13-32-24(30-34-25(32)15-31-9-7-19(25)8-10-31)17-4-6-21-22(26(27,28)29)14-35-23(21)12-17/h3-6,11-12,14,19H,7-10,13,15H2,1-2H3. The van der Waals surface area contributed by atoms with E-state index in [4.69, 9.17) is 9.57 Å². The third-order valence-corrected chi connectivity index (χ3v) is 8.64. The molecule has 9 heteroatoms. The zero-order valence-electron chi connectivity index (χ0n) is 19.6. The highest BCUT2D eigenvalue weighted by atomic mass is 32.1. The molecule has 1 unspecified atom stereocenters. The minimum Gasteiger partial charge on any atom is -0.497 e. The van der Waals surface area contributed by atoms with Gasteiger partial charge in [0.15, 0.2) is 5.84 Å². The van der Waals surface area contributed by atoms with Gasteiger partial charge in [-0.1, -0.05) is 23.4 Å². The third-order valence-electron chi connectivity index (χ3n) is 7.70. The molecule has 0 aliphatic carbocycles. The van der Waals surface area contributed by atoms with Crippen molar-refractivity contribution in [2.75, 3.05) is 26.7 Å². The number of piperidine rings is 3. The molecule has 5 heterocycles. The van der Waals surface area contributed by atoms with Gasteiger partial charge in [0.2, 0.25) is 5.72 Å². The summed E-state index contributed by atoms with van der Waals surface area (Å²) < 4.78 is 46.2. The van der Waals surface area contributed by atoms with Crippen molar-refractivity contribution in [1.82, 2.24) is 9.80 Å². The quantitative estimate of drug-likeness (QED) is 0.449. The van der Waals surface area contributed by atoms with Crippen molar-refractivity contribution in [3.63, 3.8) is 0 Å². The Balaban J connectivity index is 1.41. The van der Waals surface area contributed by atoms with Crippen molar-refractivity contribution >= 4 is 27.3 Å². The Bertz CT molecular complexity index is 1310. The molecule has 3 saturated heterocycles. The fraction of sp³-hybridized carbons (Fsp3) is 0.423. The molecule has 4 aliphatic heterocycles. The maximum absolute atomic E-state index is 13.4. The van der Waals surface area contributed by atoms with Crippen molar-refractivity contribution in [2.24, 2.45) is 11.1 Å². The van der Waals surface area contributed by atoms with Gasteiger partial charge in [0.25, 0.3) is 0 Å². The second-order valence-electron chi connectivity index (χ2n) is 9.64. The van der Waals surface area contributed by atoms with E-state index in [1.54, 1.807) is 19.2 Å². The van der Waals surface area contributed by atoms with E-state index >= 15 is 0 Å². The lowest BCUT2D eigenvalue weighted by Gasteiger charge is -2.53. The Kier molecular flexibility index (Phi) is 5.27. The van der Waals surface area contributed by atoms with Gasteiger partial charge >= 0.3 is 6.18 Å². The number of amidine groups is 1. The van der Waals surface area contributed by atoms with Crippen LogP contribution in [0.5, 0.6) is 5.75 Å². The van der Waals surface area contributed by atoms with Gasteiger partial charge in [0.05, 0.1) is 19.2 Å². The first-order valence-electron chi connectivity index (χ1n) is 11.8. The number of methoxy groups -OCH3 is 1. The fourth-order valence-electron chi connectivity index (χ4n) is 5.75. The first kappa shape index (κ1) is 22.7. The summed E-state index contributed by atoms with van der Waals surface area (Å²) in [5.41, 5.74) is 1.85. The Hall–Kier alpha value is -2.78. The average Bonchev–Trinajstić information content (AvgIpc) is 3.43. The first-order valence-corrected chi connectivity index (χ1v) is 12.6. The molecule has 1 atom stereocenters. The zero-order chi connectivity index (χ0) is 24.4. The molecule has 1 aromatic heterocycles. The summed E-state index contributed by atoms with van der Waals surface area (Å²) in [6.07, 6.45) is -2.29. The smallest absolute Gasteiger partial charge is 0.417 e. The van der Waals surface area contributed by atoms with Gasteiger partial charge in [-0.05, 0) is 62.2 Å². The SMILES string of the molecule is COc1ccc(CN2C(c3ccc4c(C(F)(F)F)csc4c3)=NOC23CN2CCC3CC2)c(C)c1. The van der Waals surface area contributed by atoms with Gasteiger partial charge < -0.3 is 14.5 Å². The monoisotopic (exact) mass is 501 g/mol. The van der Waals surface area contributed by atoms with Gasteiger partial charge in [-0.3, -0.25) is 4.90 Å². The molecule has 5 nitrogen and oxygen atoms in total. The van der Waals surface area contributed by atoms with E-state index in [-0.39, 0.29) is 5.39 Å². The van der Waals surface area contributed by atoms with Crippen LogP contribution in [-0.4, -0.2) is 48.1 Å². The number of ether oxygens (including phenoxy) is 1. The third kappa shape index (κ3) is 3.67. The minimum atomic E-state index is -4.37. The molecule has 35 heavy (non-hydrogen) atoms. The Morgan fingerprint density at radius 2 is 1.97 bits per heavy atom.